The van der Waals surface area contributed by atoms with Gasteiger partial charge in [-0.15, -0.1) is 0 Å². The first-order valence-corrected chi connectivity index (χ1v) is 10.4. The van der Waals surface area contributed by atoms with E-state index in [1.165, 1.54) is 23.1 Å². The maximum Gasteiger partial charge on any atom is 0.410 e. The number of nitrogens with one attached hydrogen (secondary N) is 1. The van der Waals surface area contributed by atoms with E-state index in [9.17, 15) is 19.8 Å². The highest BCUT2D eigenvalue weighted by molar-refractivity contribution is 5.81. The number of carbonyl (C=O) groups excluding carboxylic acids is 2. The van der Waals surface area contributed by atoms with Crippen molar-refractivity contribution in [2.45, 2.75) is 45.9 Å². The van der Waals surface area contributed by atoms with Crippen molar-refractivity contribution in [3.8, 4) is 5.75 Å². The summed E-state index contributed by atoms with van der Waals surface area (Å²) in [6.45, 7) is 7.55. The van der Waals surface area contributed by atoms with Crippen LogP contribution in [0.3, 0.4) is 0 Å². The maximum atomic E-state index is 12.9. The molecule has 0 bridgehead atoms. The number of rotatable bonds is 8. The predicted molar refractivity (Wildman–Crippen MR) is 126 cm³/mol. The Labute approximate surface area is 189 Å². The largest absolute Gasteiger partial charge is 0.506 e. The second-order valence-electron chi connectivity index (χ2n) is 8.57. The van der Waals surface area contributed by atoms with E-state index < -0.39 is 17.8 Å². The zero-order valence-electron chi connectivity index (χ0n) is 19.3. The van der Waals surface area contributed by atoms with Gasteiger partial charge in [-0.2, -0.15) is 0 Å². The lowest BCUT2D eigenvalue weighted by Gasteiger charge is -2.29. The Morgan fingerprint density at radius 3 is 2.41 bits per heavy atom. The second-order valence-corrected chi connectivity index (χ2v) is 8.57. The Hall–Kier alpha value is -3.32. The summed E-state index contributed by atoms with van der Waals surface area (Å²) in [5.41, 5.74) is 2.61. The van der Waals surface area contributed by atoms with E-state index in [4.69, 9.17) is 4.74 Å². The fourth-order valence-electron chi connectivity index (χ4n) is 3.24. The number of aromatic hydroxyl groups is 1. The molecule has 2 aromatic rings. The van der Waals surface area contributed by atoms with E-state index in [1.54, 1.807) is 33.9 Å². The number of amides is 1. The Morgan fingerprint density at radius 2 is 1.84 bits per heavy atom. The summed E-state index contributed by atoms with van der Waals surface area (Å²) in [6.07, 6.45) is 1.77. The number of hydrogen-bond acceptors (Lipinski definition) is 6. The molecule has 7 nitrogen and oxygen atoms in total. The summed E-state index contributed by atoms with van der Waals surface area (Å²) in [4.78, 5) is 25.2. The number of ether oxygens (including phenoxy) is 1. The minimum Gasteiger partial charge on any atom is -0.506 e. The standard InChI is InChI=1S/C25H32N2O5/c1-17-8-10-18(11-9-17)15-27(24(31)32-25(2,3)4)16-22(30)19-12-13-21(29)23(26-5)20(19)7-6-14-28/h6-14,22,26,29-30H,15-16H2,1-5H3/b7-6-. The van der Waals surface area contributed by atoms with Gasteiger partial charge in [-0.1, -0.05) is 35.9 Å². The van der Waals surface area contributed by atoms with Crippen LogP contribution in [0.1, 0.15) is 49.1 Å². The van der Waals surface area contributed by atoms with E-state index in [-0.39, 0.29) is 18.8 Å². The van der Waals surface area contributed by atoms with Crippen LogP contribution < -0.4 is 5.32 Å². The highest BCUT2D eigenvalue weighted by Gasteiger charge is 2.26. The first-order chi connectivity index (χ1) is 15.1. The molecule has 0 aliphatic carbocycles. The molecular formula is C25H32N2O5. The molecule has 0 fully saturated rings. The molecule has 1 unspecified atom stereocenters. The summed E-state index contributed by atoms with van der Waals surface area (Å²) in [5.74, 6) is -0.0161. The van der Waals surface area contributed by atoms with Crippen molar-refractivity contribution in [2.24, 2.45) is 0 Å². The molecule has 0 radical (unpaired) electrons. The Kier molecular flexibility index (Phi) is 8.43. The monoisotopic (exact) mass is 440 g/mol. The zero-order valence-corrected chi connectivity index (χ0v) is 19.3. The molecule has 172 valence electrons. The number of nitrogens with zero attached hydrogens (tertiary/aromatic N) is 1. The lowest BCUT2D eigenvalue weighted by molar-refractivity contribution is -0.104. The zero-order chi connectivity index (χ0) is 23.9. The summed E-state index contributed by atoms with van der Waals surface area (Å²) in [5, 5.41) is 24.1. The quantitative estimate of drug-likeness (QED) is 0.319. The highest BCUT2D eigenvalue weighted by atomic mass is 16.6. The third kappa shape index (κ3) is 6.85. The lowest BCUT2D eigenvalue weighted by atomic mass is 9.98. The Morgan fingerprint density at radius 1 is 1.19 bits per heavy atom. The van der Waals surface area contributed by atoms with Crippen LogP contribution in [0.25, 0.3) is 6.08 Å². The van der Waals surface area contributed by atoms with Gasteiger partial charge in [0.1, 0.15) is 17.6 Å². The van der Waals surface area contributed by atoms with Crippen molar-refractivity contribution in [2.75, 3.05) is 18.9 Å². The van der Waals surface area contributed by atoms with Gasteiger partial charge >= 0.3 is 6.09 Å². The molecule has 7 heteroatoms. The van der Waals surface area contributed by atoms with Crippen molar-refractivity contribution in [3.63, 3.8) is 0 Å². The molecule has 2 aromatic carbocycles. The summed E-state index contributed by atoms with van der Waals surface area (Å²) < 4.78 is 5.55. The second kappa shape index (κ2) is 10.8. The van der Waals surface area contributed by atoms with Gasteiger partial charge < -0.3 is 25.2 Å². The number of anilines is 1. The number of carbonyl (C=O) groups is 2. The van der Waals surface area contributed by atoms with Crippen LogP contribution >= 0.6 is 0 Å². The SMILES string of the molecule is CNc1c(O)ccc(C(O)CN(Cc2ccc(C)cc2)C(=O)OC(C)(C)C)c1/C=C\C=O. The van der Waals surface area contributed by atoms with Crippen LogP contribution in [-0.2, 0) is 16.1 Å². The van der Waals surface area contributed by atoms with Crippen LogP contribution in [0.5, 0.6) is 5.75 Å². The third-order valence-corrected chi connectivity index (χ3v) is 4.75. The molecule has 0 heterocycles. The summed E-state index contributed by atoms with van der Waals surface area (Å²) in [7, 11) is 1.63. The van der Waals surface area contributed by atoms with Gasteiger partial charge in [-0.25, -0.2) is 4.79 Å². The topological polar surface area (TPSA) is 99.1 Å². The maximum absolute atomic E-state index is 12.9. The molecule has 0 aliphatic rings. The molecule has 0 aromatic heterocycles. The molecule has 32 heavy (non-hydrogen) atoms. The number of aliphatic hydroxyl groups is 1. The number of aryl methyl sites for hydroxylation is 1. The Bertz CT molecular complexity index is 962. The van der Waals surface area contributed by atoms with E-state index in [0.29, 0.717) is 23.1 Å². The van der Waals surface area contributed by atoms with Crippen LogP contribution in [0.15, 0.2) is 42.5 Å². The lowest BCUT2D eigenvalue weighted by Crippen LogP contribution is -2.39. The van der Waals surface area contributed by atoms with Gasteiger partial charge in [0, 0.05) is 19.2 Å². The van der Waals surface area contributed by atoms with Gasteiger partial charge in [0.15, 0.2) is 0 Å². The molecule has 1 amide bonds. The fraction of sp³-hybridized carbons (Fsp3) is 0.360. The molecule has 3 N–H and O–H groups in total. The van der Waals surface area contributed by atoms with Crippen molar-refractivity contribution in [3.05, 3.63) is 64.7 Å². The number of allylic oxidation sites excluding steroid dienone is 1. The van der Waals surface area contributed by atoms with Gasteiger partial charge in [-0.3, -0.25) is 4.79 Å². The molecule has 1 atom stereocenters. The average Bonchev–Trinajstić information content (AvgIpc) is 2.71. The van der Waals surface area contributed by atoms with Gasteiger partial charge in [-0.05, 0) is 57.0 Å². The van der Waals surface area contributed by atoms with Crippen LogP contribution in [0.4, 0.5) is 10.5 Å². The minimum absolute atomic E-state index is 0.0161. The average molecular weight is 441 g/mol. The minimum atomic E-state index is -1.09. The van der Waals surface area contributed by atoms with Gasteiger partial charge in [0.2, 0.25) is 0 Å². The molecule has 0 spiro atoms. The van der Waals surface area contributed by atoms with Crippen LogP contribution in [0.2, 0.25) is 0 Å². The molecular weight excluding hydrogens is 408 g/mol. The fourth-order valence-corrected chi connectivity index (χ4v) is 3.24. The Balaban J connectivity index is 2.39. The summed E-state index contributed by atoms with van der Waals surface area (Å²) in [6, 6.07) is 10.8. The first kappa shape index (κ1) is 24.9. The normalized spacial score (nSPS) is 12.4. The van der Waals surface area contributed by atoms with Gasteiger partial charge in [0.25, 0.3) is 0 Å². The number of phenols is 1. The van der Waals surface area contributed by atoms with Crippen molar-refractivity contribution < 1.29 is 24.5 Å². The smallest absolute Gasteiger partial charge is 0.410 e. The highest BCUT2D eigenvalue weighted by Crippen LogP contribution is 2.34. The summed E-state index contributed by atoms with van der Waals surface area (Å²) >= 11 is 0. The first-order valence-electron chi connectivity index (χ1n) is 10.4. The van der Waals surface area contributed by atoms with E-state index >= 15 is 0 Å². The van der Waals surface area contributed by atoms with E-state index in [0.717, 1.165) is 11.1 Å². The number of phenolic OH excluding ortho intramolecular Hbond substituents is 1. The molecule has 0 saturated carbocycles. The van der Waals surface area contributed by atoms with Crippen molar-refractivity contribution in [1.29, 1.82) is 0 Å². The van der Waals surface area contributed by atoms with Crippen molar-refractivity contribution >= 4 is 24.1 Å². The number of benzene rings is 2. The third-order valence-electron chi connectivity index (χ3n) is 4.75. The number of aliphatic hydroxyl groups excluding tert-OH is 1. The van der Waals surface area contributed by atoms with E-state index in [1.807, 2.05) is 31.2 Å². The van der Waals surface area contributed by atoms with Crippen molar-refractivity contribution in [1.82, 2.24) is 4.90 Å². The van der Waals surface area contributed by atoms with Gasteiger partial charge in [0.05, 0.1) is 18.3 Å². The molecule has 0 saturated heterocycles. The van der Waals surface area contributed by atoms with E-state index in [2.05, 4.69) is 5.32 Å². The van der Waals surface area contributed by atoms with Crippen LogP contribution in [-0.4, -0.2) is 46.7 Å². The predicted octanol–water partition coefficient (Wildman–Crippen LogP) is 4.43. The van der Waals surface area contributed by atoms with Crippen LogP contribution in [0, 0.1) is 6.92 Å². The number of aldehydes is 1. The molecule has 0 aliphatic heterocycles. The molecule has 2 rings (SSSR count). The number of hydrogen-bond donors (Lipinski definition) is 3.